The van der Waals surface area contributed by atoms with Gasteiger partial charge in [-0.25, -0.2) is 0 Å². The smallest absolute Gasteiger partial charge is 0.0649 e. The molecule has 2 rings (SSSR count). The van der Waals surface area contributed by atoms with Crippen LogP contribution in [0.5, 0.6) is 0 Å². The molecule has 0 aromatic rings. The molecule has 0 aromatic carbocycles. The molecule has 0 radical (unpaired) electrons. The van der Waals surface area contributed by atoms with Crippen LogP contribution in [0.1, 0.15) is 53.4 Å². The molecule has 0 amide bonds. The van der Waals surface area contributed by atoms with Crippen LogP contribution in [0.15, 0.2) is 0 Å². The fourth-order valence-electron chi connectivity index (χ4n) is 3.26. The van der Waals surface area contributed by atoms with Crippen molar-refractivity contribution in [2.45, 2.75) is 65.0 Å². The van der Waals surface area contributed by atoms with E-state index in [9.17, 15) is 5.11 Å². The van der Waals surface area contributed by atoms with Crippen molar-refractivity contribution in [1.82, 2.24) is 4.90 Å². The van der Waals surface area contributed by atoms with Crippen LogP contribution >= 0.6 is 0 Å². The van der Waals surface area contributed by atoms with Gasteiger partial charge < -0.3 is 5.11 Å². The highest BCUT2D eigenvalue weighted by molar-refractivity contribution is 4.98. The van der Waals surface area contributed by atoms with Crippen LogP contribution in [-0.2, 0) is 0 Å². The first-order valence-electron chi connectivity index (χ1n) is 6.74. The third-order valence-electron chi connectivity index (χ3n) is 4.54. The molecule has 16 heavy (non-hydrogen) atoms. The lowest BCUT2D eigenvalue weighted by atomic mass is 9.72. The van der Waals surface area contributed by atoms with Crippen molar-refractivity contribution in [3.05, 3.63) is 0 Å². The van der Waals surface area contributed by atoms with Gasteiger partial charge in [-0.3, -0.25) is 4.90 Å². The Hall–Kier alpha value is -0.0800. The van der Waals surface area contributed by atoms with E-state index in [2.05, 4.69) is 25.7 Å². The van der Waals surface area contributed by atoms with Crippen LogP contribution in [0.25, 0.3) is 0 Å². The quantitative estimate of drug-likeness (QED) is 0.741. The SMILES string of the molecule is CC1(O)CC(N2CCCC(C(C)(C)C)C2)C1. The van der Waals surface area contributed by atoms with Crippen LogP contribution in [0, 0.1) is 11.3 Å². The first kappa shape index (κ1) is 12.4. The third kappa shape index (κ3) is 2.60. The van der Waals surface area contributed by atoms with E-state index >= 15 is 0 Å². The summed E-state index contributed by atoms with van der Waals surface area (Å²) in [6.07, 6.45) is 4.66. The maximum Gasteiger partial charge on any atom is 0.0649 e. The first-order chi connectivity index (χ1) is 7.28. The highest BCUT2D eigenvalue weighted by Gasteiger charge is 2.43. The second-order valence-corrected chi connectivity index (χ2v) is 7.26. The largest absolute Gasteiger partial charge is 0.390 e. The summed E-state index contributed by atoms with van der Waals surface area (Å²) in [5.41, 5.74) is 0.0598. The number of rotatable bonds is 1. The van der Waals surface area contributed by atoms with Crippen molar-refractivity contribution < 1.29 is 5.11 Å². The summed E-state index contributed by atoms with van der Waals surface area (Å²) in [6, 6.07) is 0.653. The van der Waals surface area contributed by atoms with Crippen LogP contribution in [-0.4, -0.2) is 34.7 Å². The highest BCUT2D eigenvalue weighted by atomic mass is 16.3. The van der Waals surface area contributed by atoms with Crippen LogP contribution in [0.2, 0.25) is 0 Å². The first-order valence-corrected chi connectivity index (χ1v) is 6.74. The van der Waals surface area contributed by atoms with Gasteiger partial charge in [0.05, 0.1) is 5.60 Å². The monoisotopic (exact) mass is 225 g/mol. The molecule has 1 heterocycles. The Bertz CT molecular complexity index is 246. The van der Waals surface area contributed by atoms with Gasteiger partial charge in [-0.15, -0.1) is 0 Å². The topological polar surface area (TPSA) is 23.5 Å². The standard InChI is InChI=1S/C14H27NO/c1-13(2,3)11-6-5-7-15(10-11)12-8-14(4,16)9-12/h11-12,16H,5-10H2,1-4H3. The molecule has 1 unspecified atom stereocenters. The zero-order valence-electron chi connectivity index (χ0n) is 11.3. The summed E-state index contributed by atoms with van der Waals surface area (Å²) in [5, 5.41) is 9.81. The molecular formula is C14H27NO. The van der Waals surface area contributed by atoms with Crippen LogP contribution in [0.3, 0.4) is 0 Å². The van der Waals surface area contributed by atoms with Gasteiger partial charge >= 0.3 is 0 Å². The van der Waals surface area contributed by atoms with Crippen molar-refractivity contribution in [2.75, 3.05) is 13.1 Å². The van der Waals surface area contributed by atoms with Gasteiger partial charge in [0.15, 0.2) is 0 Å². The Balaban J connectivity index is 1.88. The minimum atomic E-state index is -0.376. The van der Waals surface area contributed by atoms with Crippen LogP contribution in [0.4, 0.5) is 0 Å². The number of hydrogen-bond donors (Lipinski definition) is 1. The molecule has 2 nitrogen and oxygen atoms in total. The molecule has 0 bridgehead atoms. The van der Waals surface area contributed by atoms with Gasteiger partial charge in [0.1, 0.15) is 0 Å². The Morgan fingerprint density at radius 1 is 1.25 bits per heavy atom. The second kappa shape index (κ2) is 3.99. The number of nitrogens with zero attached hydrogens (tertiary/aromatic N) is 1. The average Bonchev–Trinajstić information content (AvgIpc) is 2.13. The summed E-state index contributed by atoms with van der Waals surface area (Å²) in [7, 11) is 0. The van der Waals surface area contributed by atoms with Crippen molar-refractivity contribution in [3.63, 3.8) is 0 Å². The summed E-state index contributed by atoms with van der Waals surface area (Å²) in [4.78, 5) is 2.62. The van der Waals surface area contributed by atoms with Gasteiger partial charge in [0.2, 0.25) is 0 Å². The molecule has 94 valence electrons. The Morgan fingerprint density at radius 2 is 1.88 bits per heavy atom. The van der Waals surface area contributed by atoms with E-state index in [1.165, 1.54) is 25.9 Å². The summed E-state index contributed by atoms with van der Waals surface area (Å²) in [5.74, 6) is 0.826. The fraction of sp³-hybridized carbons (Fsp3) is 1.00. The predicted molar refractivity (Wildman–Crippen MR) is 67.4 cm³/mol. The molecule has 1 aliphatic carbocycles. The minimum absolute atomic E-state index is 0.376. The Kier molecular flexibility index (Phi) is 3.09. The van der Waals surface area contributed by atoms with Gasteiger partial charge in [-0.05, 0) is 50.5 Å². The molecule has 1 N–H and O–H groups in total. The van der Waals surface area contributed by atoms with Gasteiger partial charge in [0, 0.05) is 12.6 Å². The zero-order chi connectivity index (χ0) is 12.0. The molecule has 1 saturated carbocycles. The van der Waals surface area contributed by atoms with Gasteiger partial charge in [0.25, 0.3) is 0 Å². The minimum Gasteiger partial charge on any atom is -0.390 e. The van der Waals surface area contributed by atoms with E-state index in [0.29, 0.717) is 11.5 Å². The fourth-order valence-corrected chi connectivity index (χ4v) is 3.26. The van der Waals surface area contributed by atoms with Gasteiger partial charge in [-0.1, -0.05) is 20.8 Å². The number of hydrogen-bond acceptors (Lipinski definition) is 2. The van der Waals surface area contributed by atoms with E-state index in [-0.39, 0.29) is 5.60 Å². The van der Waals surface area contributed by atoms with Crippen LogP contribution < -0.4 is 0 Å². The van der Waals surface area contributed by atoms with Crippen molar-refractivity contribution in [1.29, 1.82) is 0 Å². The summed E-state index contributed by atoms with van der Waals surface area (Å²) >= 11 is 0. The van der Waals surface area contributed by atoms with E-state index in [0.717, 1.165) is 18.8 Å². The molecule has 0 spiro atoms. The predicted octanol–water partition coefficient (Wildman–Crippen LogP) is 2.66. The Labute approximate surface area is 100 Å². The third-order valence-corrected chi connectivity index (χ3v) is 4.54. The van der Waals surface area contributed by atoms with Crippen molar-refractivity contribution in [2.24, 2.45) is 11.3 Å². The maximum absolute atomic E-state index is 9.81. The van der Waals surface area contributed by atoms with E-state index < -0.39 is 0 Å². The molecule has 2 fully saturated rings. The zero-order valence-corrected chi connectivity index (χ0v) is 11.3. The molecule has 0 aromatic heterocycles. The Morgan fingerprint density at radius 3 is 2.38 bits per heavy atom. The number of aliphatic hydroxyl groups is 1. The lowest BCUT2D eigenvalue weighted by Crippen LogP contribution is -2.56. The molecule has 1 atom stereocenters. The van der Waals surface area contributed by atoms with E-state index in [4.69, 9.17) is 0 Å². The number of piperidine rings is 1. The second-order valence-electron chi connectivity index (χ2n) is 7.26. The van der Waals surface area contributed by atoms with Crippen molar-refractivity contribution >= 4 is 0 Å². The molecular weight excluding hydrogens is 198 g/mol. The average molecular weight is 225 g/mol. The molecule has 2 aliphatic rings. The van der Waals surface area contributed by atoms with E-state index in [1.54, 1.807) is 0 Å². The highest BCUT2D eigenvalue weighted by Crippen LogP contribution is 2.40. The normalized spacial score (nSPS) is 41.8. The summed E-state index contributed by atoms with van der Waals surface area (Å²) < 4.78 is 0. The van der Waals surface area contributed by atoms with Gasteiger partial charge in [-0.2, -0.15) is 0 Å². The summed E-state index contributed by atoms with van der Waals surface area (Å²) in [6.45, 7) is 11.5. The van der Waals surface area contributed by atoms with E-state index in [1.807, 2.05) is 6.92 Å². The lowest BCUT2D eigenvalue weighted by molar-refractivity contribution is -0.0908. The molecule has 2 heteroatoms. The number of likely N-dealkylation sites (tertiary alicyclic amines) is 1. The molecule has 1 aliphatic heterocycles. The molecule has 1 saturated heterocycles. The van der Waals surface area contributed by atoms with Crippen molar-refractivity contribution in [3.8, 4) is 0 Å². The lowest BCUT2D eigenvalue weighted by Gasteiger charge is -2.51. The maximum atomic E-state index is 9.81.